The van der Waals surface area contributed by atoms with E-state index in [0.717, 1.165) is 23.2 Å². The van der Waals surface area contributed by atoms with Gasteiger partial charge in [0, 0.05) is 11.6 Å². The molecule has 25 heavy (non-hydrogen) atoms. The third-order valence-electron chi connectivity index (χ3n) is 5.13. The van der Waals surface area contributed by atoms with Gasteiger partial charge in [0.25, 0.3) is 0 Å². The fourth-order valence-electron chi connectivity index (χ4n) is 3.89. The van der Waals surface area contributed by atoms with E-state index in [9.17, 15) is 14.7 Å². The van der Waals surface area contributed by atoms with Gasteiger partial charge in [-0.1, -0.05) is 24.3 Å². The molecule has 126 valence electrons. The highest BCUT2D eigenvalue weighted by atomic mass is 16.4. The first-order valence-electron chi connectivity index (χ1n) is 8.18. The summed E-state index contributed by atoms with van der Waals surface area (Å²) in [4.78, 5) is 22.3. The number of fused-ring (bicyclic) bond motifs is 3. The van der Waals surface area contributed by atoms with Crippen molar-refractivity contribution in [1.29, 1.82) is 0 Å². The summed E-state index contributed by atoms with van der Waals surface area (Å²) in [7, 11) is 0. The Morgan fingerprint density at radius 3 is 2.32 bits per heavy atom. The maximum atomic E-state index is 11.3. The van der Waals surface area contributed by atoms with Gasteiger partial charge in [0.15, 0.2) is 0 Å². The molecule has 0 fully saturated rings. The Kier molecular flexibility index (Phi) is 3.57. The van der Waals surface area contributed by atoms with Crippen molar-refractivity contribution in [3.05, 3.63) is 76.9 Å². The van der Waals surface area contributed by atoms with Gasteiger partial charge >= 0.3 is 11.9 Å². The summed E-state index contributed by atoms with van der Waals surface area (Å²) in [5, 5.41) is 21.8. The molecule has 0 aromatic heterocycles. The highest BCUT2D eigenvalue weighted by Gasteiger charge is 2.38. The van der Waals surface area contributed by atoms with Crippen molar-refractivity contribution < 1.29 is 19.8 Å². The molecule has 2 aromatic carbocycles. The Balaban J connectivity index is 1.72. The second kappa shape index (κ2) is 5.77. The summed E-state index contributed by atoms with van der Waals surface area (Å²) in [6.07, 6.45) is 5.19. The molecule has 5 nitrogen and oxygen atoms in total. The lowest BCUT2D eigenvalue weighted by Crippen LogP contribution is -2.29. The van der Waals surface area contributed by atoms with Crippen LogP contribution in [0.1, 0.15) is 50.2 Å². The lowest BCUT2D eigenvalue weighted by Gasteiger charge is -2.37. The van der Waals surface area contributed by atoms with Crippen LogP contribution in [-0.4, -0.2) is 22.2 Å². The molecule has 0 amide bonds. The third kappa shape index (κ3) is 2.58. The fraction of sp³-hybridized carbons (Fsp3) is 0.200. The zero-order valence-corrected chi connectivity index (χ0v) is 13.3. The van der Waals surface area contributed by atoms with Crippen LogP contribution in [0, 0.1) is 5.92 Å². The summed E-state index contributed by atoms with van der Waals surface area (Å²) in [5.41, 5.74) is 3.55. The van der Waals surface area contributed by atoms with Gasteiger partial charge in [0.1, 0.15) is 0 Å². The van der Waals surface area contributed by atoms with E-state index in [1.165, 1.54) is 0 Å². The molecule has 1 heterocycles. The van der Waals surface area contributed by atoms with Crippen LogP contribution >= 0.6 is 0 Å². The summed E-state index contributed by atoms with van der Waals surface area (Å²) in [6, 6.07) is 12.2. The lowest BCUT2D eigenvalue weighted by atomic mass is 9.76. The Labute approximate surface area is 144 Å². The minimum atomic E-state index is -0.935. The number of hydrogen-bond acceptors (Lipinski definition) is 3. The van der Waals surface area contributed by atoms with E-state index in [2.05, 4.69) is 17.5 Å². The smallest absolute Gasteiger partial charge is 0.335 e. The minimum Gasteiger partial charge on any atom is -0.478 e. The zero-order chi connectivity index (χ0) is 17.6. The van der Waals surface area contributed by atoms with Gasteiger partial charge in [-0.2, -0.15) is 0 Å². The maximum Gasteiger partial charge on any atom is 0.335 e. The molecular weight excluding hydrogens is 318 g/mol. The van der Waals surface area contributed by atoms with Crippen molar-refractivity contribution in [2.24, 2.45) is 5.92 Å². The van der Waals surface area contributed by atoms with Crippen molar-refractivity contribution >= 4 is 17.6 Å². The molecule has 4 rings (SSSR count). The molecule has 2 aliphatic rings. The fourth-order valence-corrected chi connectivity index (χ4v) is 3.89. The molecule has 3 atom stereocenters. The van der Waals surface area contributed by atoms with E-state index in [-0.39, 0.29) is 23.4 Å². The topological polar surface area (TPSA) is 86.6 Å². The normalized spacial score (nSPS) is 23.4. The largest absolute Gasteiger partial charge is 0.478 e. The van der Waals surface area contributed by atoms with Crippen molar-refractivity contribution in [1.82, 2.24) is 0 Å². The van der Waals surface area contributed by atoms with Gasteiger partial charge < -0.3 is 15.5 Å². The van der Waals surface area contributed by atoms with Crippen LogP contribution in [0.15, 0.2) is 54.6 Å². The molecule has 2 aromatic rings. The number of anilines is 1. The standard InChI is InChI=1S/C20H17NO4/c22-19(23)12-6-4-11(5-7-12)18-15-3-1-2-14(15)16-10-13(20(24)25)8-9-17(16)21-18/h1-2,4-10,14-15,18,21H,3H2,(H,22,23)(H,24,25)/t14-,15+,18+/m0/s1. The summed E-state index contributed by atoms with van der Waals surface area (Å²) in [6.45, 7) is 0. The number of carboxylic acid groups (broad SMARTS) is 2. The Morgan fingerprint density at radius 2 is 1.64 bits per heavy atom. The van der Waals surface area contributed by atoms with Crippen LogP contribution in [0.2, 0.25) is 0 Å². The highest BCUT2D eigenvalue weighted by molar-refractivity contribution is 5.89. The second-order valence-electron chi connectivity index (χ2n) is 6.51. The van der Waals surface area contributed by atoms with E-state index in [0.29, 0.717) is 5.56 Å². The van der Waals surface area contributed by atoms with Gasteiger partial charge in [0.05, 0.1) is 17.2 Å². The van der Waals surface area contributed by atoms with Gasteiger partial charge in [0.2, 0.25) is 0 Å². The first-order valence-corrected chi connectivity index (χ1v) is 8.18. The number of benzene rings is 2. The Bertz CT molecular complexity index is 885. The molecule has 1 aliphatic heterocycles. The Morgan fingerprint density at radius 1 is 0.960 bits per heavy atom. The summed E-state index contributed by atoms with van der Waals surface area (Å²) >= 11 is 0. The van der Waals surface area contributed by atoms with Gasteiger partial charge in [-0.25, -0.2) is 9.59 Å². The SMILES string of the molecule is O=C(O)c1ccc([C@H]2Nc3ccc(C(=O)O)cc3[C@H]3C=CC[C@H]32)cc1. The van der Waals surface area contributed by atoms with E-state index >= 15 is 0 Å². The number of hydrogen-bond donors (Lipinski definition) is 3. The van der Waals surface area contributed by atoms with Crippen LogP contribution in [0.4, 0.5) is 5.69 Å². The summed E-state index contributed by atoms with van der Waals surface area (Å²) < 4.78 is 0. The predicted molar refractivity (Wildman–Crippen MR) is 93.2 cm³/mol. The molecule has 0 radical (unpaired) electrons. The number of nitrogens with one attached hydrogen (secondary N) is 1. The second-order valence-corrected chi connectivity index (χ2v) is 6.51. The quantitative estimate of drug-likeness (QED) is 0.740. The first-order chi connectivity index (χ1) is 12.0. The average Bonchev–Trinajstić information content (AvgIpc) is 3.10. The minimum absolute atomic E-state index is 0.0611. The van der Waals surface area contributed by atoms with Crippen LogP contribution in [0.5, 0.6) is 0 Å². The molecule has 0 saturated heterocycles. The zero-order valence-electron chi connectivity index (χ0n) is 13.3. The van der Waals surface area contributed by atoms with Gasteiger partial charge in [-0.3, -0.25) is 0 Å². The lowest BCUT2D eigenvalue weighted by molar-refractivity contribution is 0.0686. The van der Waals surface area contributed by atoms with Crippen molar-refractivity contribution in [2.75, 3.05) is 5.32 Å². The number of carboxylic acids is 2. The number of allylic oxidation sites excluding steroid dienone is 2. The van der Waals surface area contributed by atoms with Crippen molar-refractivity contribution in [3.63, 3.8) is 0 Å². The molecule has 0 bridgehead atoms. The number of aromatic carboxylic acids is 2. The van der Waals surface area contributed by atoms with Crippen LogP contribution in [0.3, 0.4) is 0 Å². The van der Waals surface area contributed by atoms with E-state index in [4.69, 9.17) is 5.11 Å². The average molecular weight is 335 g/mol. The Hall–Kier alpha value is -3.08. The van der Waals surface area contributed by atoms with Crippen molar-refractivity contribution in [2.45, 2.75) is 18.4 Å². The molecule has 5 heteroatoms. The predicted octanol–water partition coefficient (Wildman–Crippen LogP) is 3.91. The molecular formula is C20H17NO4. The van der Waals surface area contributed by atoms with E-state index in [1.54, 1.807) is 24.3 Å². The van der Waals surface area contributed by atoms with E-state index < -0.39 is 11.9 Å². The molecule has 0 unspecified atom stereocenters. The maximum absolute atomic E-state index is 11.3. The third-order valence-corrected chi connectivity index (χ3v) is 5.13. The van der Waals surface area contributed by atoms with Crippen LogP contribution in [0.25, 0.3) is 0 Å². The molecule has 3 N–H and O–H groups in total. The molecule has 0 spiro atoms. The highest BCUT2D eigenvalue weighted by Crippen LogP contribution is 2.49. The van der Waals surface area contributed by atoms with Gasteiger partial charge in [-0.15, -0.1) is 0 Å². The van der Waals surface area contributed by atoms with Crippen LogP contribution in [-0.2, 0) is 0 Å². The van der Waals surface area contributed by atoms with Crippen LogP contribution < -0.4 is 5.32 Å². The monoisotopic (exact) mass is 335 g/mol. The number of carbonyl (C=O) groups is 2. The molecule has 1 aliphatic carbocycles. The number of rotatable bonds is 3. The van der Waals surface area contributed by atoms with Crippen molar-refractivity contribution in [3.8, 4) is 0 Å². The molecule has 0 saturated carbocycles. The van der Waals surface area contributed by atoms with Gasteiger partial charge in [-0.05, 0) is 53.8 Å². The van der Waals surface area contributed by atoms with E-state index in [1.807, 2.05) is 18.2 Å². The summed E-state index contributed by atoms with van der Waals surface area (Å²) in [5.74, 6) is -1.41. The first kappa shape index (κ1) is 15.4.